The number of carbonyl (C=O) groups excluding carboxylic acids is 1. The summed E-state index contributed by atoms with van der Waals surface area (Å²) in [6, 6.07) is 4.39. The van der Waals surface area contributed by atoms with Gasteiger partial charge in [-0.1, -0.05) is 6.07 Å². The predicted molar refractivity (Wildman–Crippen MR) is 104 cm³/mol. The molecule has 2 aromatic heterocycles. The van der Waals surface area contributed by atoms with Crippen molar-refractivity contribution in [2.24, 2.45) is 7.05 Å². The highest BCUT2D eigenvalue weighted by molar-refractivity contribution is 7.10. The average molecular weight is 375 g/mol. The van der Waals surface area contributed by atoms with Crippen LogP contribution in [0, 0.1) is 13.8 Å². The molecular formula is C19H26N4O2S. The van der Waals surface area contributed by atoms with Crippen molar-refractivity contribution in [3.63, 3.8) is 0 Å². The van der Waals surface area contributed by atoms with Gasteiger partial charge in [0.15, 0.2) is 0 Å². The fourth-order valence-electron chi connectivity index (χ4n) is 3.23. The number of aryl methyl sites for hydroxylation is 2. The molecule has 1 N–H and O–H groups in total. The summed E-state index contributed by atoms with van der Waals surface area (Å²) >= 11 is 1.73. The molecule has 0 aliphatic carbocycles. The van der Waals surface area contributed by atoms with Crippen molar-refractivity contribution in [1.29, 1.82) is 0 Å². The van der Waals surface area contributed by atoms with Crippen LogP contribution in [-0.2, 0) is 16.6 Å². The molecule has 1 fully saturated rings. The van der Waals surface area contributed by atoms with Gasteiger partial charge in [0.05, 0.1) is 24.9 Å². The maximum atomic E-state index is 12.3. The van der Waals surface area contributed by atoms with Crippen molar-refractivity contribution in [2.75, 3.05) is 32.8 Å². The maximum absolute atomic E-state index is 12.3. The number of hydrogen-bond acceptors (Lipinski definition) is 5. The highest BCUT2D eigenvalue weighted by atomic mass is 32.1. The first-order chi connectivity index (χ1) is 12.6. The van der Waals surface area contributed by atoms with E-state index in [0.717, 1.165) is 43.3 Å². The zero-order valence-corrected chi connectivity index (χ0v) is 16.4. The third-order valence-electron chi connectivity index (χ3n) is 4.79. The highest BCUT2D eigenvalue weighted by Gasteiger charge is 2.23. The van der Waals surface area contributed by atoms with E-state index in [-0.39, 0.29) is 11.9 Å². The van der Waals surface area contributed by atoms with Gasteiger partial charge in [0.1, 0.15) is 0 Å². The molecule has 3 heterocycles. The number of morpholine rings is 1. The van der Waals surface area contributed by atoms with Crippen LogP contribution in [-0.4, -0.2) is 53.4 Å². The van der Waals surface area contributed by atoms with E-state index in [2.05, 4.69) is 32.8 Å². The van der Waals surface area contributed by atoms with Crippen LogP contribution in [0.25, 0.3) is 6.08 Å². The highest BCUT2D eigenvalue weighted by Crippen LogP contribution is 2.25. The van der Waals surface area contributed by atoms with Gasteiger partial charge in [0, 0.05) is 48.9 Å². The average Bonchev–Trinajstić information content (AvgIpc) is 3.24. The van der Waals surface area contributed by atoms with Crippen molar-refractivity contribution >= 4 is 23.3 Å². The third-order valence-corrected chi connectivity index (χ3v) is 5.77. The summed E-state index contributed by atoms with van der Waals surface area (Å²) < 4.78 is 7.29. The number of hydrogen-bond donors (Lipinski definition) is 1. The number of nitrogens with zero attached hydrogens (tertiary/aromatic N) is 3. The van der Waals surface area contributed by atoms with Crippen LogP contribution in [0.15, 0.2) is 23.6 Å². The standard InChI is InChI=1S/C19H26N4O2S/c1-14-16(15(2)22(3)21-14)6-7-19(24)20-13-17(18-5-4-12-26-18)23-8-10-25-11-9-23/h4-7,12,17H,8-11,13H2,1-3H3,(H,20,24)/b7-6+. The van der Waals surface area contributed by atoms with Crippen LogP contribution >= 0.6 is 11.3 Å². The van der Waals surface area contributed by atoms with Gasteiger partial charge >= 0.3 is 0 Å². The lowest BCUT2D eigenvalue weighted by Crippen LogP contribution is -2.43. The first-order valence-electron chi connectivity index (χ1n) is 8.87. The Morgan fingerprint density at radius 3 is 2.81 bits per heavy atom. The van der Waals surface area contributed by atoms with Crippen LogP contribution in [0.5, 0.6) is 0 Å². The Balaban J connectivity index is 1.63. The lowest BCUT2D eigenvalue weighted by Gasteiger charge is -2.34. The molecule has 1 amide bonds. The van der Waals surface area contributed by atoms with Gasteiger partial charge in [-0.3, -0.25) is 14.4 Å². The van der Waals surface area contributed by atoms with Gasteiger partial charge < -0.3 is 10.1 Å². The molecule has 1 aliphatic heterocycles. The second-order valence-corrected chi connectivity index (χ2v) is 7.45. The number of aromatic nitrogens is 2. The van der Waals surface area contributed by atoms with E-state index in [1.54, 1.807) is 17.4 Å². The molecule has 0 spiro atoms. The fraction of sp³-hybridized carbons (Fsp3) is 0.474. The molecule has 6 nitrogen and oxygen atoms in total. The van der Waals surface area contributed by atoms with E-state index in [1.165, 1.54) is 4.88 Å². The first-order valence-corrected chi connectivity index (χ1v) is 9.75. The smallest absolute Gasteiger partial charge is 0.244 e. The van der Waals surface area contributed by atoms with Crippen molar-refractivity contribution in [3.05, 3.63) is 45.4 Å². The molecule has 2 aromatic rings. The fourth-order valence-corrected chi connectivity index (χ4v) is 4.09. The van der Waals surface area contributed by atoms with E-state index in [0.29, 0.717) is 6.54 Å². The van der Waals surface area contributed by atoms with Gasteiger partial charge in [0.25, 0.3) is 0 Å². The van der Waals surface area contributed by atoms with E-state index in [1.807, 2.05) is 31.7 Å². The normalized spacial score (nSPS) is 16.9. The minimum Gasteiger partial charge on any atom is -0.379 e. The van der Waals surface area contributed by atoms with Crippen LogP contribution in [0.2, 0.25) is 0 Å². The molecular weight excluding hydrogens is 348 g/mol. The Morgan fingerprint density at radius 1 is 1.42 bits per heavy atom. The molecule has 1 saturated heterocycles. The quantitative estimate of drug-likeness (QED) is 0.789. The Morgan fingerprint density at radius 2 is 2.19 bits per heavy atom. The van der Waals surface area contributed by atoms with Crippen LogP contribution < -0.4 is 5.32 Å². The Hall–Kier alpha value is -1.96. The molecule has 1 atom stereocenters. The molecule has 0 radical (unpaired) electrons. The van der Waals surface area contributed by atoms with E-state index >= 15 is 0 Å². The molecule has 0 saturated carbocycles. The summed E-state index contributed by atoms with van der Waals surface area (Å²) in [7, 11) is 1.91. The minimum absolute atomic E-state index is 0.0810. The summed E-state index contributed by atoms with van der Waals surface area (Å²) in [5.41, 5.74) is 2.99. The van der Waals surface area contributed by atoms with Gasteiger partial charge in [-0.15, -0.1) is 11.3 Å². The van der Waals surface area contributed by atoms with Crippen LogP contribution in [0.3, 0.4) is 0 Å². The topological polar surface area (TPSA) is 59.4 Å². The zero-order chi connectivity index (χ0) is 18.5. The molecule has 1 aliphatic rings. The lowest BCUT2D eigenvalue weighted by molar-refractivity contribution is -0.116. The summed E-state index contributed by atoms with van der Waals surface area (Å²) in [6.45, 7) is 7.82. The first kappa shape index (κ1) is 18.8. The largest absolute Gasteiger partial charge is 0.379 e. The van der Waals surface area contributed by atoms with E-state index < -0.39 is 0 Å². The molecule has 140 valence electrons. The third kappa shape index (κ3) is 4.41. The molecule has 0 bridgehead atoms. The second-order valence-electron chi connectivity index (χ2n) is 6.47. The van der Waals surface area contributed by atoms with Gasteiger partial charge in [-0.2, -0.15) is 5.10 Å². The number of ether oxygens (including phenoxy) is 1. The summed E-state index contributed by atoms with van der Waals surface area (Å²) in [5.74, 6) is -0.0810. The summed E-state index contributed by atoms with van der Waals surface area (Å²) in [4.78, 5) is 16.0. The van der Waals surface area contributed by atoms with Crippen molar-refractivity contribution in [2.45, 2.75) is 19.9 Å². The molecule has 26 heavy (non-hydrogen) atoms. The van der Waals surface area contributed by atoms with E-state index in [4.69, 9.17) is 4.74 Å². The zero-order valence-electron chi connectivity index (χ0n) is 15.6. The minimum atomic E-state index is -0.0810. The Labute approximate surface area is 158 Å². The van der Waals surface area contributed by atoms with Crippen molar-refractivity contribution in [1.82, 2.24) is 20.0 Å². The maximum Gasteiger partial charge on any atom is 0.244 e. The van der Waals surface area contributed by atoms with E-state index in [9.17, 15) is 4.79 Å². The monoisotopic (exact) mass is 374 g/mol. The van der Waals surface area contributed by atoms with Gasteiger partial charge in [-0.05, 0) is 31.4 Å². The molecule has 0 aromatic carbocycles. The van der Waals surface area contributed by atoms with Gasteiger partial charge in [0.2, 0.25) is 5.91 Å². The number of rotatable bonds is 6. The van der Waals surface area contributed by atoms with Gasteiger partial charge in [-0.25, -0.2) is 0 Å². The molecule has 3 rings (SSSR count). The van der Waals surface area contributed by atoms with Crippen molar-refractivity contribution in [3.8, 4) is 0 Å². The summed E-state index contributed by atoms with van der Waals surface area (Å²) in [5, 5.41) is 9.51. The Kier molecular flexibility index (Phi) is 6.24. The second kappa shape index (κ2) is 8.62. The Bertz CT molecular complexity index is 761. The van der Waals surface area contributed by atoms with Crippen LogP contribution in [0.1, 0.15) is 27.9 Å². The predicted octanol–water partition coefficient (Wildman–Crippen LogP) is 2.30. The van der Waals surface area contributed by atoms with Crippen molar-refractivity contribution < 1.29 is 9.53 Å². The summed E-state index contributed by atoms with van der Waals surface area (Å²) in [6.07, 6.45) is 3.45. The van der Waals surface area contributed by atoms with Crippen LogP contribution in [0.4, 0.5) is 0 Å². The number of amides is 1. The SMILES string of the molecule is Cc1nn(C)c(C)c1/C=C/C(=O)NCC(c1cccs1)N1CCOCC1. The molecule has 7 heteroatoms. The molecule has 1 unspecified atom stereocenters. The number of nitrogens with one attached hydrogen (secondary N) is 1. The lowest BCUT2D eigenvalue weighted by atomic mass is 10.1. The number of thiophene rings is 1. The number of carbonyl (C=O) groups is 1.